The lowest BCUT2D eigenvalue weighted by Crippen LogP contribution is -2.28. The van der Waals surface area contributed by atoms with E-state index in [9.17, 15) is 0 Å². The summed E-state index contributed by atoms with van der Waals surface area (Å²) in [5.41, 5.74) is 20.7. The number of rotatable bonds is 4. The maximum absolute atomic E-state index is 5.03. The van der Waals surface area contributed by atoms with E-state index < -0.39 is 5.41 Å². The molecule has 3 heteroatoms. The number of allylic oxidation sites excluding steroid dienone is 4. The Kier molecular flexibility index (Phi) is 6.73. The molecule has 1 N–H and O–H groups in total. The number of anilines is 2. The molecule has 3 aliphatic carbocycles. The SMILES string of the molecule is C1=CC2c3cc(-c4cc(-c5ccccc5)c5c(c4)C4(C6=C(NCC=C6)c6ncccc64)c4ccccc4-5)ccc3N(c3cccc(-c4ccccc4)c3)C2C=C1. The minimum Gasteiger partial charge on any atom is -0.380 e. The van der Waals surface area contributed by atoms with Crippen LogP contribution in [0.15, 0.2) is 200 Å². The molecule has 12 rings (SSSR count). The first kappa shape index (κ1) is 31.4. The summed E-state index contributed by atoms with van der Waals surface area (Å²) in [6.45, 7) is 0.795. The highest BCUT2D eigenvalue weighted by Crippen LogP contribution is 2.64. The van der Waals surface area contributed by atoms with E-state index in [1.54, 1.807) is 0 Å². The fourth-order valence-electron chi connectivity index (χ4n) is 10.4. The fourth-order valence-corrected chi connectivity index (χ4v) is 10.4. The van der Waals surface area contributed by atoms with E-state index in [1.807, 2.05) is 6.20 Å². The first-order chi connectivity index (χ1) is 27.8. The maximum Gasteiger partial charge on any atom is 0.0912 e. The van der Waals surface area contributed by atoms with E-state index in [-0.39, 0.29) is 12.0 Å². The van der Waals surface area contributed by atoms with Crippen molar-refractivity contribution in [2.75, 3.05) is 11.4 Å². The van der Waals surface area contributed by atoms with E-state index in [1.165, 1.54) is 83.7 Å². The summed E-state index contributed by atoms with van der Waals surface area (Å²) < 4.78 is 0. The molecule has 0 fully saturated rings. The van der Waals surface area contributed by atoms with Crippen molar-refractivity contribution in [1.82, 2.24) is 10.3 Å². The molecule has 0 amide bonds. The molecule has 56 heavy (non-hydrogen) atoms. The van der Waals surface area contributed by atoms with Crippen molar-refractivity contribution in [3.05, 3.63) is 228 Å². The molecule has 0 bridgehead atoms. The molecule has 3 nitrogen and oxygen atoms in total. The van der Waals surface area contributed by atoms with Crippen molar-refractivity contribution >= 4 is 17.1 Å². The predicted octanol–water partition coefficient (Wildman–Crippen LogP) is 12.0. The summed E-state index contributed by atoms with van der Waals surface area (Å²) >= 11 is 0. The van der Waals surface area contributed by atoms with Crippen molar-refractivity contribution in [2.24, 2.45) is 0 Å². The molecule has 0 saturated heterocycles. The summed E-state index contributed by atoms with van der Waals surface area (Å²) in [5.74, 6) is 0.243. The van der Waals surface area contributed by atoms with Crippen molar-refractivity contribution in [3.63, 3.8) is 0 Å². The van der Waals surface area contributed by atoms with Crippen molar-refractivity contribution in [2.45, 2.75) is 17.4 Å². The van der Waals surface area contributed by atoms with Crippen LogP contribution in [0.4, 0.5) is 11.4 Å². The van der Waals surface area contributed by atoms with Gasteiger partial charge in [0.1, 0.15) is 0 Å². The van der Waals surface area contributed by atoms with Crippen LogP contribution in [-0.2, 0) is 5.41 Å². The minimum atomic E-state index is -0.492. The molecule has 0 saturated carbocycles. The molecule has 5 aliphatic rings. The predicted molar refractivity (Wildman–Crippen MR) is 230 cm³/mol. The monoisotopic (exact) mass is 715 g/mol. The van der Waals surface area contributed by atoms with E-state index in [2.05, 4.69) is 198 Å². The molecule has 3 unspecified atom stereocenters. The third-order valence-electron chi connectivity index (χ3n) is 12.6. The third kappa shape index (κ3) is 4.31. The smallest absolute Gasteiger partial charge is 0.0912 e. The van der Waals surface area contributed by atoms with Gasteiger partial charge in [0.25, 0.3) is 0 Å². The molecule has 3 heterocycles. The number of dihydropyridines is 1. The lowest BCUT2D eigenvalue weighted by Gasteiger charge is -2.32. The molecule has 264 valence electrons. The fraction of sp³-hybridized carbons (Fsp3) is 0.0755. The average molecular weight is 716 g/mol. The van der Waals surface area contributed by atoms with Crippen LogP contribution in [0.5, 0.6) is 0 Å². The molecule has 7 aromatic rings. The van der Waals surface area contributed by atoms with Crippen LogP contribution >= 0.6 is 0 Å². The highest BCUT2D eigenvalue weighted by molar-refractivity contribution is 6.01. The number of fused-ring (bicyclic) bond motifs is 12. The first-order valence-electron chi connectivity index (χ1n) is 19.7. The van der Waals surface area contributed by atoms with Gasteiger partial charge in [0, 0.05) is 30.0 Å². The Morgan fingerprint density at radius 2 is 1.36 bits per heavy atom. The minimum absolute atomic E-state index is 0.201. The zero-order chi connectivity index (χ0) is 36.8. The topological polar surface area (TPSA) is 28.2 Å². The summed E-state index contributed by atoms with van der Waals surface area (Å²) in [6, 6.07) is 56.5. The Hall–Kier alpha value is -6.97. The molecule has 1 spiro atoms. The molecular weight excluding hydrogens is 679 g/mol. The van der Waals surface area contributed by atoms with Gasteiger partial charge in [0.05, 0.1) is 22.8 Å². The average Bonchev–Trinajstić information content (AvgIpc) is 3.88. The largest absolute Gasteiger partial charge is 0.380 e. The van der Waals surface area contributed by atoms with Gasteiger partial charge in [-0.1, -0.05) is 146 Å². The Labute approximate surface area is 327 Å². The Balaban J connectivity index is 1.08. The van der Waals surface area contributed by atoms with Gasteiger partial charge >= 0.3 is 0 Å². The van der Waals surface area contributed by atoms with Crippen molar-refractivity contribution in [3.8, 4) is 44.5 Å². The van der Waals surface area contributed by atoms with Gasteiger partial charge in [-0.2, -0.15) is 0 Å². The van der Waals surface area contributed by atoms with Gasteiger partial charge in [0.15, 0.2) is 0 Å². The number of nitrogens with zero attached hydrogens (tertiary/aromatic N) is 2. The van der Waals surface area contributed by atoms with E-state index in [0.717, 1.165) is 17.9 Å². The van der Waals surface area contributed by atoms with Crippen LogP contribution in [0.2, 0.25) is 0 Å². The first-order valence-corrected chi connectivity index (χ1v) is 19.7. The van der Waals surface area contributed by atoms with E-state index in [4.69, 9.17) is 4.98 Å². The number of aromatic nitrogens is 1. The van der Waals surface area contributed by atoms with Gasteiger partial charge in [-0.3, -0.25) is 4.98 Å². The summed E-state index contributed by atoms with van der Waals surface area (Å²) in [4.78, 5) is 7.57. The van der Waals surface area contributed by atoms with Gasteiger partial charge in [-0.05, 0) is 115 Å². The van der Waals surface area contributed by atoms with Gasteiger partial charge < -0.3 is 10.2 Å². The number of pyridine rings is 1. The second-order valence-electron chi connectivity index (χ2n) is 15.4. The van der Waals surface area contributed by atoms with Gasteiger partial charge in [-0.15, -0.1) is 0 Å². The number of nitrogens with one attached hydrogen (secondary N) is 1. The Bertz CT molecular complexity index is 2880. The number of hydrogen-bond donors (Lipinski definition) is 1. The van der Waals surface area contributed by atoms with E-state index >= 15 is 0 Å². The molecule has 0 radical (unpaired) electrons. The van der Waals surface area contributed by atoms with Gasteiger partial charge in [0.2, 0.25) is 0 Å². The van der Waals surface area contributed by atoms with Crippen molar-refractivity contribution < 1.29 is 0 Å². The maximum atomic E-state index is 5.03. The van der Waals surface area contributed by atoms with E-state index in [0.29, 0.717) is 0 Å². The van der Waals surface area contributed by atoms with Crippen LogP contribution in [-0.4, -0.2) is 17.6 Å². The highest BCUT2D eigenvalue weighted by atomic mass is 15.2. The van der Waals surface area contributed by atoms with Crippen LogP contribution < -0.4 is 10.2 Å². The van der Waals surface area contributed by atoms with Crippen LogP contribution in [0.25, 0.3) is 50.2 Å². The number of benzene rings is 6. The Morgan fingerprint density at radius 3 is 2.25 bits per heavy atom. The molecular formula is C53H37N3. The normalized spacial score (nSPS) is 20.3. The summed E-state index contributed by atoms with van der Waals surface area (Å²) in [7, 11) is 0. The zero-order valence-electron chi connectivity index (χ0n) is 30.7. The molecule has 3 atom stereocenters. The third-order valence-corrected chi connectivity index (χ3v) is 12.6. The van der Waals surface area contributed by atoms with Crippen molar-refractivity contribution in [1.29, 1.82) is 0 Å². The quantitative estimate of drug-likeness (QED) is 0.197. The van der Waals surface area contributed by atoms with Crippen LogP contribution in [0.1, 0.15) is 33.9 Å². The molecule has 2 aliphatic heterocycles. The van der Waals surface area contributed by atoms with Crippen LogP contribution in [0, 0.1) is 0 Å². The van der Waals surface area contributed by atoms with Crippen LogP contribution in [0.3, 0.4) is 0 Å². The summed E-state index contributed by atoms with van der Waals surface area (Å²) in [6.07, 6.45) is 15.7. The number of hydrogen-bond acceptors (Lipinski definition) is 3. The van der Waals surface area contributed by atoms with Gasteiger partial charge in [-0.25, -0.2) is 0 Å². The summed E-state index contributed by atoms with van der Waals surface area (Å²) in [5, 5.41) is 3.74. The second-order valence-corrected chi connectivity index (χ2v) is 15.4. The lowest BCUT2D eigenvalue weighted by atomic mass is 9.69. The molecule has 6 aromatic carbocycles. The zero-order valence-corrected chi connectivity index (χ0v) is 30.7. The Morgan fingerprint density at radius 1 is 0.589 bits per heavy atom. The second kappa shape index (κ2) is 12.0. The molecule has 1 aromatic heterocycles. The standard InChI is InChI=1S/C53H37N3/c1-3-14-34(15-4-1)36-18-11-19-39(30-36)56-48-25-10-8-20-40(48)43-31-37(26-27-49(43)56)38-32-42(35-16-5-2-6-17-35)50-41-21-7-9-22-44(41)53(47(50)33-38)45-23-12-28-54-51(45)52-46(53)24-13-29-55-52/h1-28,30-33,40,48,55H,29H2. The lowest BCUT2D eigenvalue weighted by molar-refractivity contribution is 0.745. The highest BCUT2D eigenvalue weighted by Gasteiger charge is 2.54.